The first-order valence-electron chi connectivity index (χ1n) is 8.94. The molecule has 4 aromatic rings. The maximum Gasteiger partial charge on any atom is 0.264 e. The van der Waals surface area contributed by atoms with Crippen LogP contribution in [0.4, 0.5) is 4.39 Å². The van der Waals surface area contributed by atoms with Crippen molar-refractivity contribution in [3.05, 3.63) is 86.8 Å². The van der Waals surface area contributed by atoms with Crippen LogP contribution in [0.1, 0.15) is 11.1 Å². The first-order chi connectivity index (χ1) is 14.1. The number of hydrogen-bond acceptors (Lipinski definition) is 4. The number of aromatic hydroxyl groups is 1. The van der Waals surface area contributed by atoms with E-state index in [1.54, 1.807) is 6.07 Å². The van der Waals surface area contributed by atoms with Gasteiger partial charge in [0.05, 0.1) is 5.69 Å². The van der Waals surface area contributed by atoms with Gasteiger partial charge in [0.1, 0.15) is 11.4 Å². The van der Waals surface area contributed by atoms with Gasteiger partial charge in [-0.2, -0.15) is 0 Å². The molecule has 0 saturated carbocycles. The largest absolute Gasteiger partial charge is 0.494 e. The Balaban J connectivity index is 1.62. The Bertz CT molecular complexity index is 1340. The monoisotopic (exact) mass is 408 g/mol. The van der Waals surface area contributed by atoms with E-state index in [1.807, 2.05) is 30.5 Å². The summed E-state index contributed by atoms with van der Waals surface area (Å²) >= 11 is 5.10. The molecule has 0 radical (unpaired) electrons. The van der Waals surface area contributed by atoms with Crippen molar-refractivity contribution < 1.29 is 9.50 Å². The molecule has 0 atom stereocenters. The SMILES string of the molecule is O=c1[nH]c(=S)n(-c2ccccc2F)c(O)c1C=NCCc1c[nH]c2ccccc12. The standard InChI is InChI=1S/C21H17FN4O2S/c22-16-6-2-4-8-18(16)26-20(28)15(19(27)25-21(26)29)12-23-10-9-13-11-24-17-7-3-1-5-14(13)17/h1-8,11-12,24,28H,9-10H2,(H,25,27,29). The first kappa shape index (κ1) is 18.8. The van der Waals surface area contributed by atoms with Crippen LogP contribution < -0.4 is 5.56 Å². The lowest BCUT2D eigenvalue weighted by molar-refractivity contribution is 0.429. The Morgan fingerprint density at radius 3 is 2.76 bits per heavy atom. The minimum Gasteiger partial charge on any atom is -0.494 e. The minimum atomic E-state index is -0.587. The minimum absolute atomic E-state index is 0.0414. The molecule has 0 spiro atoms. The van der Waals surface area contributed by atoms with Crippen molar-refractivity contribution in [3.8, 4) is 11.6 Å². The summed E-state index contributed by atoms with van der Waals surface area (Å²) in [5.41, 5.74) is 1.53. The number of aromatic nitrogens is 3. The summed E-state index contributed by atoms with van der Waals surface area (Å²) in [4.78, 5) is 22.2. The highest BCUT2D eigenvalue weighted by atomic mass is 32.1. The van der Waals surface area contributed by atoms with E-state index in [0.29, 0.717) is 13.0 Å². The fraction of sp³-hybridized carbons (Fsp3) is 0.0952. The van der Waals surface area contributed by atoms with Crippen LogP contribution in [0.15, 0.2) is 64.5 Å². The summed E-state index contributed by atoms with van der Waals surface area (Å²) in [7, 11) is 0. The van der Waals surface area contributed by atoms with E-state index < -0.39 is 17.3 Å². The van der Waals surface area contributed by atoms with Crippen molar-refractivity contribution in [2.75, 3.05) is 6.54 Å². The predicted octanol–water partition coefficient (Wildman–Crippen LogP) is 3.88. The number of rotatable bonds is 5. The second-order valence-electron chi connectivity index (χ2n) is 6.43. The van der Waals surface area contributed by atoms with Crippen LogP contribution in [0.5, 0.6) is 5.88 Å². The number of halogens is 1. The third kappa shape index (κ3) is 3.62. The van der Waals surface area contributed by atoms with Gasteiger partial charge in [-0.15, -0.1) is 0 Å². The van der Waals surface area contributed by atoms with Crippen LogP contribution in [0.3, 0.4) is 0 Å². The highest BCUT2D eigenvalue weighted by molar-refractivity contribution is 7.71. The number of aromatic amines is 2. The normalized spacial score (nSPS) is 11.5. The van der Waals surface area contributed by atoms with E-state index in [1.165, 1.54) is 24.4 Å². The zero-order valence-corrected chi connectivity index (χ0v) is 16.0. The molecular weight excluding hydrogens is 391 g/mol. The van der Waals surface area contributed by atoms with Crippen molar-refractivity contribution in [3.63, 3.8) is 0 Å². The molecule has 0 aliphatic rings. The van der Waals surface area contributed by atoms with Gasteiger partial charge in [0.15, 0.2) is 4.77 Å². The van der Waals surface area contributed by atoms with E-state index in [0.717, 1.165) is 21.0 Å². The van der Waals surface area contributed by atoms with Crippen LogP contribution in [0.25, 0.3) is 16.6 Å². The van der Waals surface area contributed by atoms with Crippen LogP contribution in [0, 0.1) is 10.6 Å². The molecule has 3 N–H and O–H groups in total. The number of benzene rings is 2. The van der Waals surface area contributed by atoms with Crippen molar-refractivity contribution in [1.29, 1.82) is 0 Å². The van der Waals surface area contributed by atoms with Gasteiger partial charge in [0, 0.05) is 29.9 Å². The predicted molar refractivity (Wildman–Crippen MR) is 113 cm³/mol. The molecule has 0 aliphatic heterocycles. The highest BCUT2D eigenvalue weighted by Gasteiger charge is 2.14. The Morgan fingerprint density at radius 1 is 1.17 bits per heavy atom. The summed E-state index contributed by atoms with van der Waals surface area (Å²) in [5.74, 6) is -1.03. The zero-order valence-electron chi connectivity index (χ0n) is 15.2. The summed E-state index contributed by atoms with van der Waals surface area (Å²) in [5, 5.41) is 11.7. The summed E-state index contributed by atoms with van der Waals surface area (Å²) in [6, 6.07) is 13.8. The van der Waals surface area contributed by atoms with E-state index in [9.17, 15) is 14.3 Å². The van der Waals surface area contributed by atoms with E-state index in [-0.39, 0.29) is 16.0 Å². The van der Waals surface area contributed by atoms with Gasteiger partial charge in [0.2, 0.25) is 5.88 Å². The number of H-pyrrole nitrogens is 2. The van der Waals surface area contributed by atoms with Gasteiger partial charge in [-0.3, -0.25) is 19.3 Å². The molecule has 0 unspecified atom stereocenters. The number of aliphatic imine (C=N–C) groups is 1. The van der Waals surface area contributed by atoms with Crippen molar-refractivity contribution >= 4 is 29.3 Å². The smallest absolute Gasteiger partial charge is 0.264 e. The maximum atomic E-state index is 14.2. The molecule has 0 fully saturated rings. The van der Waals surface area contributed by atoms with Gasteiger partial charge in [-0.1, -0.05) is 30.3 Å². The number of nitrogens with one attached hydrogen (secondary N) is 2. The van der Waals surface area contributed by atoms with Crippen LogP contribution in [0.2, 0.25) is 0 Å². The van der Waals surface area contributed by atoms with Crippen molar-refractivity contribution in [1.82, 2.24) is 14.5 Å². The molecule has 29 heavy (non-hydrogen) atoms. The average molecular weight is 408 g/mol. The molecule has 0 amide bonds. The molecule has 0 bridgehead atoms. The lowest BCUT2D eigenvalue weighted by Gasteiger charge is -2.11. The van der Waals surface area contributed by atoms with Crippen LogP contribution in [-0.4, -0.2) is 32.4 Å². The van der Waals surface area contributed by atoms with Crippen molar-refractivity contribution in [2.24, 2.45) is 4.99 Å². The third-order valence-corrected chi connectivity index (χ3v) is 4.90. The highest BCUT2D eigenvalue weighted by Crippen LogP contribution is 2.21. The molecule has 4 rings (SSSR count). The average Bonchev–Trinajstić information content (AvgIpc) is 3.12. The maximum absolute atomic E-state index is 14.2. The number of hydrogen-bond donors (Lipinski definition) is 3. The van der Waals surface area contributed by atoms with Gasteiger partial charge in [-0.25, -0.2) is 4.39 Å². The molecule has 2 heterocycles. The molecule has 0 saturated heterocycles. The summed E-state index contributed by atoms with van der Waals surface area (Å²) in [6.45, 7) is 0.413. The lowest BCUT2D eigenvalue weighted by Crippen LogP contribution is -2.18. The van der Waals surface area contributed by atoms with Gasteiger partial charge in [0.25, 0.3) is 5.56 Å². The van der Waals surface area contributed by atoms with Crippen molar-refractivity contribution in [2.45, 2.75) is 6.42 Å². The number of nitrogens with zero attached hydrogens (tertiary/aromatic N) is 2. The lowest BCUT2D eigenvalue weighted by atomic mass is 10.1. The summed E-state index contributed by atoms with van der Waals surface area (Å²) < 4.78 is 15.1. The Labute approximate surface area is 170 Å². The van der Waals surface area contributed by atoms with Gasteiger partial charge >= 0.3 is 0 Å². The van der Waals surface area contributed by atoms with E-state index in [4.69, 9.17) is 12.2 Å². The molecule has 2 aromatic heterocycles. The second kappa shape index (κ2) is 7.84. The fourth-order valence-corrected chi connectivity index (χ4v) is 3.47. The Kier molecular flexibility index (Phi) is 5.09. The van der Waals surface area contributed by atoms with Crippen LogP contribution >= 0.6 is 12.2 Å². The van der Waals surface area contributed by atoms with Gasteiger partial charge < -0.3 is 10.1 Å². The number of fused-ring (bicyclic) bond motifs is 1. The Morgan fingerprint density at radius 2 is 1.93 bits per heavy atom. The fourth-order valence-electron chi connectivity index (χ4n) is 3.19. The first-order valence-corrected chi connectivity index (χ1v) is 9.35. The quantitative estimate of drug-likeness (QED) is 0.346. The molecule has 8 heteroatoms. The molecule has 0 aliphatic carbocycles. The van der Waals surface area contributed by atoms with E-state index in [2.05, 4.69) is 15.0 Å². The summed E-state index contributed by atoms with van der Waals surface area (Å²) in [6.07, 6.45) is 3.88. The molecule has 146 valence electrons. The van der Waals surface area contributed by atoms with E-state index >= 15 is 0 Å². The Hall–Kier alpha value is -3.52. The number of para-hydroxylation sites is 2. The second-order valence-corrected chi connectivity index (χ2v) is 6.81. The van der Waals surface area contributed by atoms with Crippen LogP contribution in [-0.2, 0) is 6.42 Å². The van der Waals surface area contributed by atoms with Gasteiger partial charge in [-0.05, 0) is 42.4 Å². The third-order valence-electron chi connectivity index (χ3n) is 4.62. The topological polar surface area (TPSA) is 86.2 Å². The molecular formula is C21H17FN4O2S. The zero-order chi connectivity index (χ0) is 20.4. The molecule has 6 nitrogen and oxygen atoms in total. The molecule has 2 aromatic carbocycles.